The average Bonchev–Trinajstić information content (AvgIpc) is 3.66. The first kappa shape index (κ1) is 32.2. The second-order valence-electron chi connectivity index (χ2n) is 13.6. The number of nitrogens with zero attached hydrogens (tertiary/aromatic N) is 3. The molecule has 4 nitrogen and oxygen atoms in total. The molecule has 0 atom stereocenters. The summed E-state index contributed by atoms with van der Waals surface area (Å²) in [6.07, 6.45) is 0. The molecule has 0 unspecified atom stereocenters. The third kappa shape index (κ3) is 6.06. The minimum atomic E-state index is 0.575. The van der Waals surface area contributed by atoms with E-state index in [2.05, 4.69) is 127 Å². The number of furan rings is 1. The minimum Gasteiger partial charge on any atom is -0.455 e. The molecule has 55 heavy (non-hydrogen) atoms. The summed E-state index contributed by atoms with van der Waals surface area (Å²) in [7, 11) is 0. The first-order valence-electron chi connectivity index (χ1n) is 18.4. The zero-order chi connectivity index (χ0) is 36.6. The molecule has 4 heteroatoms. The fraction of sp³-hybridized carbons (Fsp3) is 0. The van der Waals surface area contributed by atoms with Crippen molar-refractivity contribution in [1.82, 2.24) is 15.0 Å². The SMILES string of the molecule is c1ccc(-c2cccc(-c3cccc4c3oc3c(-c5cccc(-c6ccccc6)c5)c(-c5nc(-c6ccccc6)nc(-c6ccccc6)n5)ccc34)c2)cc1. The first-order chi connectivity index (χ1) is 27.3. The van der Waals surface area contributed by atoms with Crippen molar-refractivity contribution in [2.24, 2.45) is 0 Å². The van der Waals surface area contributed by atoms with Gasteiger partial charge in [0.1, 0.15) is 11.2 Å². The molecular weight excluding hydrogens is 671 g/mol. The van der Waals surface area contributed by atoms with Gasteiger partial charge in [0.25, 0.3) is 0 Å². The number of fused-ring (bicyclic) bond motifs is 3. The standard InChI is InChI=1S/C51H33N3O/c1-5-16-34(17-6-1)38-24-13-26-40(32-38)42-28-15-29-43-44-30-31-45(46(48(44)55-47(42)43)41-27-14-25-39(33-41)35-18-7-2-8-19-35)51-53-49(36-20-9-3-10-21-36)52-50(54-51)37-22-11-4-12-23-37/h1-33H. The van der Waals surface area contributed by atoms with Gasteiger partial charge in [0.05, 0.1) is 0 Å². The van der Waals surface area contributed by atoms with Gasteiger partial charge in [-0.2, -0.15) is 0 Å². The number of para-hydroxylation sites is 1. The number of aromatic nitrogens is 3. The summed E-state index contributed by atoms with van der Waals surface area (Å²) in [6, 6.07) is 69.2. The Morgan fingerprint density at radius 2 is 0.709 bits per heavy atom. The van der Waals surface area contributed by atoms with Crippen LogP contribution in [0.15, 0.2) is 205 Å². The third-order valence-electron chi connectivity index (χ3n) is 10.1. The number of hydrogen-bond donors (Lipinski definition) is 0. The highest BCUT2D eigenvalue weighted by atomic mass is 16.3. The van der Waals surface area contributed by atoms with E-state index < -0.39 is 0 Å². The van der Waals surface area contributed by atoms with Crippen LogP contribution in [0.4, 0.5) is 0 Å². The van der Waals surface area contributed by atoms with E-state index in [-0.39, 0.29) is 0 Å². The number of rotatable bonds is 7. The van der Waals surface area contributed by atoms with Crippen molar-refractivity contribution < 1.29 is 4.42 Å². The second-order valence-corrected chi connectivity index (χ2v) is 13.6. The molecule has 0 spiro atoms. The lowest BCUT2D eigenvalue weighted by molar-refractivity contribution is 0.671. The van der Waals surface area contributed by atoms with E-state index in [1.54, 1.807) is 0 Å². The van der Waals surface area contributed by atoms with E-state index in [0.29, 0.717) is 17.5 Å². The summed E-state index contributed by atoms with van der Waals surface area (Å²) in [6.45, 7) is 0. The monoisotopic (exact) mass is 703 g/mol. The van der Waals surface area contributed by atoms with Crippen molar-refractivity contribution in [2.75, 3.05) is 0 Å². The predicted octanol–water partition coefficient (Wildman–Crippen LogP) is 13.4. The lowest BCUT2D eigenvalue weighted by atomic mass is 9.93. The zero-order valence-corrected chi connectivity index (χ0v) is 29.8. The highest BCUT2D eigenvalue weighted by molar-refractivity contribution is 6.15. The molecule has 0 aliphatic rings. The van der Waals surface area contributed by atoms with E-state index >= 15 is 0 Å². The lowest BCUT2D eigenvalue weighted by Crippen LogP contribution is -2.01. The fourth-order valence-electron chi connectivity index (χ4n) is 7.47. The summed E-state index contributed by atoms with van der Waals surface area (Å²) in [4.78, 5) is 15.3. The van der Waals surface area contributed by atoms with Gasteiger partial charge in [-0.15, -0.1) is 0 Å². The maximum absolute atomic E-state index is 7.14. The Labute approximate surface area is 319 Å². The topological polar surface area (TPSA) is 51.8 Å². The van der Waals surface area contributed by atoms with Crippen LogP contribution in [0.1, 0.15) is 0 Å². The van der Waals surface area contributed by atoms with Crippen LogP contribution in [0.2, 0.25) is 0 Å². The van der Waals surface area contributed by atoms with E-state index in [4.69, 9.17) is 19.4 Å². The van der Waals surface area contributed by atoms with Crippen LogP contribution in [0.3, 0.4) is 0 Å². The molecule has 2 heterocycles. The fourth-order valence-corrected chi connectivity index (χ4v) is 7.47. The van der Waals surface area contributed by atoms with Gasteiger partial charge in [-0.05, 0) is 57.6 Å². The van der Waals surface area contributed by atoms with E-state index in [9.17, 15) is 0 Å². The molecule has 0 saturated heterocycles. The van der Waals surface area contributed by atoms with Gasteiger partial charge < -0.3 is 4.42 Å². The summed E-state index contributed by atoms with van der Waals surface area (Å²) >= 11 is 0. The molecule has 0 N–H and O–H groups in total. The molecule has 10 aromatic rings. The van der Waals surface area contributed by atoms with Gasteiger partial charge in [-0.1, -0.05) is 176 Å². The molecule has 2 aromatic heterocycles. The molecular formula is C51H33N3O. The van der Waals surface area contributed by atoms with E-state index in [0.717, 1.165) is 77.6 Å². The van der Waals surface area contributed by atoms with Gasteiger partial charge in [0.15, 0.2) is 17.5 Å². The molecule has 0 saturated carbocycles. The summed E-state index contributed by atoms with van der Waals surface area (Å²) < 4.78 is 7.14. The van der Waals surface area contributed by atoms with E-state index in [1.165, 1.54) is 5.56 Å². The Morgan fingerprint density at radius 3 is 1.29 bits per heavy atom. The summed E-state index contributed by atoms with van der Waals surface area (Å²) in [5.74, 6) is 1.79. The summed E-state index contributed by atoms with van der Waals surface area (Å²) in [5, 5.41) is 2.08. The van der Waals surface area contributed by atoms with Crippen LogP contribution in [0.5, 0.6) is 0 Å². The van der Waals surface area contributed by atoms with Crippen LogP contribution in [0, 0.1) is 0 Å². The quantitative estimate of drug-likeness (QED) is 0.166. The van der Waals surface area contributed by atoms with Crippen LogP contribution in [0.25, 0.3) is 101 Å². The van der Waals surface area contributed by atoms with E-state index in [1.807, 2.05) is 72.8 Å². The zero-order valence-electron chi connectivity index (χ0n) is 29.8. The number of hydrogen-bond acceptors (Lipinski definition) is 4. The molecule has 8 aromatic carbocycles. The molecule has 0 radical (unpaired) electrons. The number of benzene rings is 8. The normalized spacial score (nSPS) is 11.3. The minimum absolute atomic E-state index is 0.575. The predicted molar refractivity (Wildman–Crippen MR) is 225 cm³/mol. The van der Waals surface area contributed by atoms with Gasteiger partial charge in [0.2, 0.25) is 0 Å². The Hall–Kier alpha value is -7.43. The van der Waals surface area contributed by atoms with Crippen molar-refractivity contribution in [1.29, 1.82) is 0 Å². The van der Waals surface area contributed by atoms with Gasteiger partial charge >= 0.3 is 0 Å². The molecule has 0 fully saturated rings. The molecule has 0 aliphatic carbocycles. The molecule has 10 rings (SSSR count). The first-order valence-corrected chi connectivity index (χ1v) is 18.4. The Kier molecular flexibility index (Phi) is 8.12. The molecule has 0 amide bonds. The Balaban J connectivity index is 1.24. The van der Waals surface area contributed by atoms with Crippen LogP contribution >= 0.6 is 0 Å². The van der Waals surface area contributed by atoms with Crippen LogP contribution in [-0.2, 0) is 0 Å². The Bertz CT molecular complexity index is 2900. The maximum atomic E-state index is 7.14. The van der Waals surface area contributed by atoms with Gasteiger partial charge in [-0.25, -0.2) is 15.0 Å². The summed E-state index contributed by atoms with van der Waals surface area (Å²) in [5.41, 5.74) is 13.0. The lowest BCUT2D eigenvalue weighted by Gasteiger charge is -2.13. The highest BCUT2D eigenvalue weighted by Crippen LogP contribution is 2.45. The maximum Gasteiger partial charge on any atom is 0.164 e. The van der Waals surface area contributed by atoms with Crippen molar-refractivity contribution >= 4 is 21.9 Å². The third-order valence-corrected chi connectivity index (χ3v) is 10.1. The molecule has 0 bridgehead atoms. The smallest absolute Gasteiger partial charge is 0.164 e. The van der Waals surface area contributed by atoms with Gasteiger partial charge in [0, 0.05) is 38.6 Å². The van der Waals surface area contributed by atoms with Crippen molar-refractivity contribution in [2.45, 2.75) is 0 Å². The molecule has 258 valence electrons. The van der Waals surface area contributed by atoms with Gasteiger partial charge in [-0.3, -0.25) is 0 Å². The molecule has 0 aliphatic heterocycles. The van der Waals surface area contributed by atoms with Crippen LogP contribution in [-0.4, -0.2) is 15.0 Å². The van der Waals surface area contributed by atoms with Crippen LogP contribution < -0.4 is 0 Å². The second kappa shape index (κ2) is 13.8. The Morgan fingerprint density at radius 1 is 0.273 bits per heavy atom. The van der Waals surface area contributed by atoms with Crippen molar-refractivity contribution in [3.05, 3.63) is 200 Å². The average molecular weight is 704 g/mol. The largest absolute Gasteiger partial charge is 0.455 e. The van der Waals surface area contributed by atoms with Crippen molar-refractivity contribution in [3.63, 3.8) is 0 Å². The highest BCUT2D eigenvalue weighted by Gasteiger charge is 2.23. The van der Waals surface area contributed by atoms with Crippen molar-refractivity contribution in [3.8, 4) is 78.7 Å².